The number of benzene rings is 1. The Labute approximate surface area is 106 Å². The van der Waals surface area contributed by atoms with Crippen LogP contribution in [0.5, 0.6) is 0 Å². The van der Waals surface area contributed by atoms with Gasteiger partial charge in [-0.05, 0) is 29.3 Å². The molecule has 2 rings (SSSR count). The van der Waals surface area contributed by atoms with Crippen LogP contribution in [0.3, 0.4) is 0 Å². The number of rotatable bonds is 2. The highest BCUT2D eigenvalue weighted by atomic mass is 16.1. The number of nitrogens with one attached hydrogen (secondary N) is 1. The van der Waals surface area contributed by atoms with Crippen molar-refractivity contribution in [2.75, 3.05) is 5.73 Å². The van der Waals surface area contributed by atoms with Gasteiger partial charge in [0, 0.05) is 19.0 Å². The Morgan fingerprint density at radius 3 is 2.50 bits per heavy atom. The van der Waals surface area contributed by atoms with Crippen molar-refractivity contribution in [3.63, 3.8) is 0 Å². The number of carbonyl (C=O) groups excluding carboxylic acids is 1. The van der Waals surface area contributed by atoms with Gasteiger partial charge in [-0.15, -0.1) is 0 Å². The van der Waals surface area contributed by atoms with E-state index in [9.17, 15) is 4.79 Å². The Kier molecular flexibility index (Phi) is 3.21. The lowest BCUT2D eigenvalue weighted by Crippen LogP contribution is -2.54. The number of amides is 1. The molecule has 1 aliphatic carbocycles. The van der Waals surface area contributed by atoms with Crippen LogP contribution in [0.15, 0.2) is 42.5 Å². The van der Waals surface area contributed by atoms with Crippen molar-refractivity contribution >= 4 is 17.2 Å². The van der Waals surface area contributed by atoms with E-state index in [1.165, 1.54) is 6.92 Å². The lowest BCUT2D eigenvalue weighted by Gasteiger charge is -2.28. The maximum atomic E-state index is 11.0. The molecule has 1 aromatic carbocycles. The van der Waals surface area contributed by atoms with E-state index in [0.717, 1.165) is 16.8 Å². The van der Waals surface area contributed by atoms with E-state index >= 15 is 0 Å². The Bertz CT molecular complexity index is 516. The molecular weight excluding hydrogens is 226 g/mol. The zero-order valence-electron chi connectivity index (χ0n) is 10.3. The number of allylic oxidation sites excluding steroid dienone is 2. The van der Waals surface area contributed by atoms with E-state index in [1.54, 1.807) is 0 Å². The van der Waals surface area contributed by atoms with E-state index in [4.69, 9.17) is 11.5 Å². The van der Waals surface area contributed by atoms with Crippen LogP contribution in [0.1, 0.15) is 18.9 Å². The summed E-state index contributed by atoms with van der Waals surface area (Å²) in [4.78, 5) is 11.0. The molecule has 0 saturated carbocycles. The maximum absolute atomic E-state index is 11.0. The van der Waals surface area contributed by atoms with Crippen molar-refractivity contribution in [1.82, 2.24) is 5.32 Å². The molecule has 0 spiro atoms. The highest BCUT2D eigenvalue weighted by Crippen LogP contribution is 2.24. The molecule has 1 aromatic rings. The van der Waals surface area contributed by atoms with Gasteiger partial charge < -0.3 is 16.8 Å². The van der Waals surface area contributed by atoms with Crippen LogP contribution in [0.2, 0.25) is 0 Å². The first-order valence-corrected chi connectivity index (χ1v) is 5.81. The van der Waals surface area contributed by atoms with Crippen molar-refractivity contribution in [1.29, 1.82) is 0 Å². The zero-order valence-corrected chi connectivity index (χ0v) is 10.3. The summed E-state index contributed by atoms with van der Waals surface area (Å²) in [7, 11) is 0. The summed E-state index contributed by atoms with van der Waals surface area (Å²) >= 11 is 0. The predicted molar refractivity (Wildman–Crippen MR) is 73.3 cm³/mol. The van der Waals surface area contributed by atoms with E-state index in [0.29, 0.717) is 6.42 Å². The van der Waals surface area contributed by atoms with Gasteiger partial charge in [0.2, 0.25) is 5.91 Å². The van der Waals surface area contributed by atoms with Crippen LogP contribution in [-0.4, -0.2) is 11.6 Å². The van der Waals surface area contributed by atoms with Crippen LogP contribution in [0, 0.1) is 0 Å². The van der Waals surface area contributed by atoms with E-state index in [-0.39, 0.29) is 5.91 Å². The Morgan fingerprint density at radius 1 is 1.33 bits per heavy atom. The van der Waals surface area contributed by atoms with Crippen molar-refractivity contribution in [2.45, 2.75) is 19.0 Å². The van der Waals surface area contributed by atoms with Gasteiger partial charge in [-0.1, -0.05) is 24.3 Å². The second kappa shape index (κ2) is 4.66. The molecule has 5 N–H and O–H groups in total. The van der Waals surface area contributed by atoms with Gasteiger partial charge in [0.25, 0.3) is 0 Å². The van der Waals surface area contributed by atoms with Crippen LogP contribution in [-0.2, 0) is 4.79 Å². The second-order valence-corrected chi connectivity index (χ2v) is 4.54. The summed E-state index contributed by atoms with van der Waals surface area (Å²) in [5.74, 6) is -0.133. The molecule has 0 heterocycles. The van der Waals surface area contributed by atoms with Gasteiger partial charge in [-0.2, -0.15) is 0 Å². The molecule has 1 unspecified atom stereocenters. The number of carbonyl (C=O) groups is 1. The highest BCUT2D eigenvalue weighted by Gasteiger charge is 2.23. The summed E-state index contributed by atoms with van der Waals surface area (Å²) in [6.45, 7) is 1.46. The van der Waals surface area contributed by atoms with Crippen molar-refractivity contribution < 1.29 is 4.79 Å². The smallest absolute Gasteiger partial charge is 0.218 e. The minimum Gasteiger partial charge on any atom is -0.399 e. The third kappa shape index (κ3) is 2.78. The summed E-state index contributed by atoms with van der Waals surface area (Å²) in [6.07, 6.45) is 6.33. The number of nitrogen functional groups attached to an aromatic ring is 1. The molecule has 1 atom stereocenters. The molecule has 0 radical (unpaired) electrons. The first kappa shape index (κ1) is 12.4. The first-order valence-electron chi connectivity index (χ1n) is 5.81. The van der Waals surface area contributed by atoms with Gasteiger partial charge in [0.1, 0.15) is 5.66 Å². The van der Waals surface area contributed by atoms with E-state index < -0.39 is 5.66 Å². The molecule has 0 bridgehead atoms. The molecule has 1 amide bonds. The molecule has 0 saturated heterocycles. The third-order valence-corrected chi connectivity index (χ3v) is 2.87. The minimum atomic E-state index is -0.775. The summed E-state index contributed by atoms with van der Waals surface area (Å²) in [5.41, 5.74) is 13.8. The molecular formula is C14H17N3O. The highest BCUT2D eigenvalue weighted by molar-refractivity contribution is 5.78. The van der Waals surface area contributed by atoms with Crippen LogP contribution >= 0.6 is 0 Å². The van der Waals surface area contributed by atoms with Crippen LogP contribution < -0.4 is 16.8 Å². The minimum absolute atomic E-state index is 0.133. The van der Waals surface area contributed by atoms with Gasteiger partial charge >= 0.3 is 0 Å². The lowest BCUT2D eigenvalue weighted by atomic mass is 9.93. The molecule has 0 aliphatic heterocycles. The van der Waals surface area contributed by atoms with Crippen molar-refractivity contribution in [2.24, 2.45) is 5.73 Å². The fourth-order valence-corrected chi connectivity index (χ4v) is 1.96. The molecule has 0 fully saturated rings. The molecule has 18 heavy (non-hydrogen) atoms. The third-order valence-electron chi connectivity index (χ3n) is 2.87. The van der Waals surface area contributed by atoms with Gasteiger partial charge in [-0.25, -0.2) is 0 Å². The number of nitrogens with two attached hydrogens (primary N) is 2. The molecule has 4 nitrogen and oxygen atoms in total. The summed E-state index contributed by atoms with van der Waals surface area (Å²) < 4.78 is 0. The number of hydrogen-bond acceptors (Lipinski definition) is 3. The second-order valence-electron chi connectivity index (χ2n) is 4.54. The zero-order chi connectivity index (χ0) is 13.2. The van der Waals surface area contributed by atoms with Crippen molar-refractivity contribution in [3.8, 4) is 0 Å². The fraction of sp³-hybridized carbons (Fsp3) is 0.214. The Balaban J connectivity index is 2.14. The predicted octanol–water partition coefficient (Wildman–Crippen LogP) is 1.40. The Hall–Kier alpha value is -2.07. The SMILES string of the molecule is CC(=O)NC1(N)C=CC(c2ccc(N)cc2)=CC1. The fourth-order valence-electron chi connectivity index (χ4n) is 1.96. The topological polar surface area (TPSA) is 81.1 Å². The van der Waals surface area contributed by atoms with Crippen LogP contribution in [0.25, 0.3) is 5.57 Å². The monoisotopic (exact) mass is 243 g/mol. The molecule has 4 heteroatoms. The standard InChI is InChI=1S/C14H17N3O/c1-10(18)17-14(16)8-6-12(7-9-14)11-2-4-13(15)5-3-11/h2-8H,9,15-16H2,1H3,(H,17,18). The largest absolute Gasteiger partial charge is 0.399 e. The van der Waals surface area contributed by atoms with E-state index in [2.05, 4.69) is 5.32 Å². The number of hydrogen-bond donors (Lipinski definition) is 3. The van der Waals surface area contributed by atoms with Gasteiger partial charge in [0.05, 0.1) is 0 Å². The van der Waals surface area contributed by atoms with Crippen LogP contribution in [0.4, 0.5) is 5.69 Å². The average Bonchev–Trinajstić information content (AvgIpc) is 2.30. The van der Waals surface area contributed by atoms with Gasteiger partial charge in [0.15, 0.2) is 0 Å². The summed E-state index contributed by atoms with van der Waals surface area (Å²) in [6, 6.07) is 7.66. The first-order chi connectivity index (χ1) is 8.48. The molecule has 1 aliphatic rings. The molecule has 0 aromatic heterocycles. The lowest BCUT2D eigenvalue weighted by molar-refractivity contribution is -0.120. The maximum Gasteiger partial charge on any atom is 0.218 e. The van der Waals surface area contributed by atoms with Crippen molar-refractivity contribution in [3.05, 3.63) is 48.1 Å². The summed E-state index contributed by atoms with van der Waals surface area (Å²) in [5, 5.41) is 2.73. The normalized spacial score (nSPS) is 22.4. The number of anilines is 1. The van der Waals surface area contributed by atoms with E-state index in [1.807, 2.05) is 42.5 Å². The molecule has 94 valence electrons. The quantitative estimate of drug-likeness (QED) is 0.542. The average molecular weight is 243 g/mol. The Morgan fingerprint density at radius 2 is 2.00 bits per heavy atom. The van der Waals surface area contributed by atoms with Gasteiger partial charge in [-0.3, -0.25) is 4.79 Å².